The highest BCUT2D eigenvalue weighted by Crippen LogP contribution is 2.28. The fraction of sp³-hybridized carbons (Fsp3) is 0.261. The third-order valence-corrected chi connectivity index (χ3v) is 5.30. The Morgan fingerprint density at radius 2 is 1.64 bits per heavy atom. The number of likely N-dealkylation sites (tertiary alicyclic amines) is 1. The van der Waals surface area contributed by atoms with Gasteiger partial charge in [0.1, 0.15) is 5.69 Å². The molecule has 0 atom stereocenters. The van der Waals surface area contributed by atoms with Gasteiger partial charge in [-0.15, -0.1) is 0 Å². The quantitative estimate of drug-likeness (QED) is 0.762. The van der Waals surface area contributed by atoms with Crippen LogP contribution in [-0.2, 0) is 6.42 Å². The van der Waals surface area contributed by atoms with Crippen LogP contribution in [0.1, 0.15) is 28.8 Å². The first kappa shape index (κ1) is 18.3. The summed E-state index contributed by atoms with van der Waals surface area (Å²) in [5.41, 5.74) is 2.18. The van der Waals surface area contributed by atoms with Gasteiger partial charge in [-0.3, -0.25) is 14.8 Å². The van der Waals surface area contributed by atoms with E-state index in [1.165, 1.54) is 0 Å². The number of nitrogens with zero attached hydrogens (tertiary/aromatic N) is 3. The zero-order valence-corrected chi connectivity index (χ0v) is 15.7. The van der Waals surface area contributed by atoms with Crippen LogP contribution < -0.4 is 0 Å². The Bertz CT molecular complexity index is 936. The van der Waals surface area contributed by atoms with Gasteiger partial charge in [0.2, 0.25) is 0 Å². The Balaban J connectivity index is 1.48. The van der Waals surface area contributed by atoms with Crippen LogP contribution in [0.3, 0.4) is 0 Å². The number of hydrogen-bond acceptors (Lipinski definition) is 4. The van der Waals surface area contributed by atoms with E-state index in [1.807, 2.05) is 53.4 Å². The number of hydrogen-bond donors (Lipinski definition) is 1. The highest BCUT2D eigenvalue weighted by molar-refractivity contribution is 5.99. The monoisotopic (exact) mass is 373 g/mol. The maximum atomic E-state index is 13.1. The van der Waals surface area contributed by atoms with Crippen molar-refractivity contribution < 1.29 is 9.90 Å². The van der Waals surface area contributed by atoms with E-state index in [0.717, 1.165) is 5.56 Å². The third kappa shape index (κ3) is 3.94. The normalized spacial score (nSPS) is 16.0. The van der Waals surface area contributed by atoms with E-state index in [2.05, 4.69) is 9.97 Å². The zero-order chi connectivity index (χ0) is 19.4. The lowest BCUT2D eigenvalue weighted by molar-refractivity contribution is -0.0162. The van der Waals surface area contributed by atoms with Crippen LogP contribution in [-0.4, -0.2) is 44.6 Å². The van der Waals surface area contributed by atoms with E-state index in [0.29, 0.717) is 49.3 Å². The fourth-order valence-corrected chi connectivity index (χ4v) is 3.73. The highest BCUT2D eigenvalue weighted by atomic mass is 16.3. The standard InChI is InChI=1S/C23H23N3O2/c27-22(19-9-6-14-25-21(19)20-10-4-5-13-24-20)26-15-11-23(28,12-16-26)17-18-7-2-1-3-8-18/h1-10,13-14,28H,11-12,15-17H2. The number of piperidine rings is 1. The summed E-state index contributed by atoms with van der Waals surface area (Å²) >= 11 is 0. The predicted molar refractivity (Wildman–Crippen MR) is 108 cm³/mol. The second-order valence-corrected chi connectivity index (χ2v) is 7.29. The average molecular weight is 373 g/mol. The molecule has 1 N–H and O–H groups in total. The summed E-state index contributed by atoms with van der Waals surface area (Å²) in [6.07, 6.45) is 5.11. The largest absolute Gasteiger partial charge is 0.389 e. The Hall–Kier alpha value is -3.05. The van der Waals surface area contributed by atoms with Crippen molar-refractivity contribution in [1.82, 2.24) is 14.9 Å². The number of carbonyl (C=O) groups is 1. The first-order chi connectivity index (χ1) is 13.6. The van der Waals surface area contributed by atoms with Gasteiger partial charge in [-0.2, -0.15) is 0 Å². The van der Waals surface area contributed by atoms with Crippen molar-refractivity contribution in [2.75, 3.05) is 13.1 Å². The lowest BCUT2D eigenvalue weighted by atomic mass is 9.85. The molecule has 1 fully saturated rings. The molecule has 0 aliphatic carbocycles. The summed E-state index contributed by atoms with van der Waals surface area (Å²) in [5, 5.41) is 11.0. The Labute approximate surface area is 164 Å². The van der Waals surface area contributed by atoms with Crippen molar-refractivity contribution in [2.45, 2.75) is 24.9 Å². The highest BCUT2D eigenvalue weighted by Gasteiger charge is 2.34. The summed E-state index contributed by atoms with van der Waals surface area (Å²) < 4.78 is 0. The molecule has 3 heterocycles. The summed E-state index contributed by atoms with van der Waals surface area (Å²) in [5.74, 6) is -0.0597. The van der Waals surface area contributed by atoms with Gasteiger partial charge in [-0.1, -0.05) is 36.4 Å². The molecule has 1 saturated heterocycles. The summed E-state index contributed by atoms with van der Waals surface area (Å²) in [7, 11) is 0. The van der Waals surface area contributed by atoms with E-state index in [4.69, 9.17) is 0 Å². The molecule has 0 bridgehead atoms. The lowest BCUT2D eigenvalue weighted by Crippen LogP contribution is -2.47. The molecule has 0 unspecified atom stereocenters. The van der Waals surface area contributed by atoms with Crippen molar-refractivity contribution in [1.29, 1.82) is 0 Å². The number of amides is 1. The minimum Gasteiger partial charge on any atom is -0.389 e. The van der Waals surface area contributed by atoms with Gasteiger partial charge in [-0.05, 0) is 42.7 Å². The van der Waals surface area contributed by atoms with E-state index >= 15 is 0 Å². The number of aliphatic hydroxyl groups is 1. The van der Waals surface area contributed by atoms with Gasteiger partial charge >= 0.3 is 0 Å². The van der Waals surface area contributed by atoms with Crippen LogP contribution in [0.15, 0.2) is 73.1 Å². The smallest absolute Gasteiger partial charge is 0.256 e. The van der Waals surface area contributed by atoms with Gasteiger partial charge in [-0.25, -0.2) is 0 Å². The fourth-order valence-electron chi connectivity index (χ4n) is 3.73. The van der Waals surface area contributed by atoms with Crippen molar-refractivity contribution in [3.8, 4) is 11.4 Å². The van der Waals surface area contributed by atoms with E-state index in [-0.39, 0.29) is 5.91 Å². The van der Waals surface area contributed by atoms with Gasteiger partial charge in [0, 0.05) is 31.9 Å². The zero-order valence-electron chi connectivity index (χ0n) is 15.7. The van der Waals surface area contributed by atoms with Crippen LogP contribution in [0.2, 0.25) is 0 Å². The number of carbonyl (C=O) groups excluding carboxylic acids is 1. The molecule has 4 rings (SSSR count). The molecule has 3 aromatic rings. The van der Waals surface area contributed by atoms with Crippen LogP contribution in [0.4, 0.5) is 0 Å². The topological polar surface area (TPSA) is 66.3 Å². The molecule has 0 saturated carbocycles. The molecule has 1 aliphatic rings. The van der Waals surface area contributed by atoms with Crippen LogP contribution >= 0.6 is 0 Å². The summed E-state index contributed by atoms with van der Waals surface area (Å²) in [4.78, 5) is 23.7. The molecular weight excluding hydrogens is 350 g/mol. The van der Waals surface area contributed by atoms with Gasteiger partial charge < -0.3 is 10.0 Å². The van der Waals surface area contributed by atoms with Crippen LogP contribution in [0.25, 0.3) is 11.4 Å². The number of rotatable bonds is 4. The Kier molecular flexibility index (Phi) is 5.17. The second kappa shape index (κ2) is 7.90. The molecule has 28 heavy (non-hydrogen) atoms. The lowest BCUT2D eigenvalue weighted by Gasteiger charge is -2.38. The minimum atomic E-state index is -0.767. The molecule has 142 valence electrons. The molecule has 1 aromatic carbocycles. The Morgan fingerprint density at radius 3 is 2.36 bits per heavy atom. The van der Waals surface area contributed by atoms with Crippen molar-refractivity contribution in [2.24, 2.45) is 0 Å². The Morgan fingerprint density at radius 1 is 0.929 bits per heavy atom. The summed E-state index contributed by atoms with van der Waals surface area (Å²) in [6, 6.07) is 19.2. The van der Waals surface area contributed by atoms with Crippen molar-refractivity contribution in [3.63, 3.8) is 0 Å². The molecule has 5 heteroatoms. The minimum absolute atomic E-state index is 0.0597. The maximum absolute atomic E-state index is 13.1. The van der Waals surface area contributed by atoms with E-state index in [9.17, 15) is 9.90 Å². The first-order valence-electron chi connectivity index (χ1n) is 9.57. The molecular formula is C23H23N3O2. The molecule has 1 amide bonds. The van der Waals surface area contributed by atoms with Gasteiger partial charge in [0.15, 0.2) is 0 Å². The van der Waals surface area contributed by atoms with Crippen molar-refractivity contribution >= 4 is 5.91 Å². The maximum Gasteiger partial charge on any atom is 0.256 e. The molecule has 5 nitrogen and oxygen atoms in total. The average Bonchev–Trinajstić information content (AvgIpc) is 2.75. The first-order valence-corrected chi connectivity index (χ1v) is 9.57. The molecule has 1 aliphatic heterocycles. The predicted octanol–water partition coefficient (Wildman–Crippen LogP) is 3.35. The number of pyridine rings is 2. The van der Waals surface area contributed by atoms with Gasteiger partial charge in [0.25, 0.3) is 5.91 Å². The number of aromatic nitrogens is 2. The molecule has 0 radical (unpaired) electrons. The van der Waals surface area contributed by atoms with E-state index in [1.54, 1.807) is 24.5 Å². The SMILES string of the molecule is O=C(c1cccnc1-c1ccccn1)N1CCC(O)(Cc2ccccc2)CC1. The second-order valence-electron chi connectivity index (χ2n) is 7.29. The third-order valence-electron chi connectivity index (χ3n) is 5.30. The van der Waals surface area contributed by atoms with Crippen LogP contribution in [0, 0.1) is 0 Å². The van der Waals surface area contributed by atoms with E-state index < -0.39 is 5.60 Å². The summed E-state index contributed by atoms with van der Waals surface area (Å²) in [6.45, 7) is 1.05. The van der Waals surface area contributed by atoms with Crippen molar-refractivity contribution in [3.05, 3.63) is 84.2 Å². The molecule has 0 spiro atoms. The number of benzene rings is 1. The van der Waals surface area contributed by atoms with Crippen LogP contribution in [0.5, 0.6) is 0 Å². The van der Waals surface area contributed by atoms with Gasteiger partial charge in [0.05, 0.1) is 16.9 Å². The molecule has 2 aromatic heterocycles.